The van der Waals surface area contributed by atoms with Crippen LogP contribution in [0.2, 0.25) is 0 Å². The average Bonchev–Trinajstić information content (AvgIpc) is 2.29. The largest absolute Gasteiger partial charge is 0.466 e. The molecule has 0 aliphatic heterocycles. The highest BCUT2D eigenvalue weighted by molar-refractivity contribution is 5.85. The van der Waals surface area contributed by atoms with Crippen molar-refractivity contribution < 1.29 is 9.53 Å². The lowest BCUT2D eigenvalue weighted by atomic mass is 9.87. The molecule has 0 heterocycles. The summed E-state index contributed by atoms with van der Waals surface area (Å²) in [5.41, 5.74) is 9.64. The summed E-state index contributed by atoms with van der Waals surface area (Å²) < 4.78 is 4.95. The Morgan fingerprint density at radius 2 is 2.22 bits per heavy atom. The Bertz CT molecular complexity index is 420. The summed E-state index contributed by atoms with van der Waals surface area (Å²) in [4.78, 5) is 11.4. The molecule has 100 valence electrons. The molecule has 0 aromatic heterocycles. The lowest BCUT2D eigenvalue weighted by Gasteiger charge is -2.21. The first-order valence-corrected chi connectivity index (χ1v) is 6.21. The number of hydrogen-bond donors (Lipinski definition) is 1. The van der Waals surface area contributed by atoms with Gasteiger partial charge >= 0.3 is 5.97 Å². The Morgan fingerprint density at radius 3 is 2.94 bits per heavy atom. The van der Waals surface area contributed by atoms with Crippen LogP contribution in [0.4, 0.5) is 0 Å². The van der Waals surface area contributed by atoms with E-state index >= 15 is 0 Å². The zero-order valence-corrected chi connectivity index (χ0v) is 11.5. The smallest absolute Gasteiger partial charge is 0.310 e. The van der Waals surface area contributed by atoms with Crippen LogP contribution in [0.5, 0.6) is 0 Å². The molecular weight excluding hydrogens is 250 g/mol. The van der Waals surface area contributed by atoms with Crippen LogP contribution in [0, 0.1) is 0 Å². The van der Waals surface area contributed by atoms with Gasteiger partial charge in [0.2, 0.25) is 0 Å². The number of benzene rings is 1. The number of carbonyl (C=O) groups is 1. The van der Waals surface area contributed by atoms with Gasteiger partial charge in [-0.1, -0.05) is 18.2 Å². The lowest BCUT2D eigenvalue weighted by Crippen LogP contribution is -2.27. The fourth-order valence-electron chi connectivity index (χ4n) is 2.33. The van der Waals surface area contributed by atoms with E-state index in [9.17, 15) is 4.79 Å². The van der Waals surface area contributed by atoms with Crippen molar-refractivity contribution in [3.8, 4) is 0 Å². The minimum atomic E-state index is -0.153. The van der Waals surface area contributed by atoms with Crippen molar-refractivity contribution >= 4 is 18.4 Å². The molecule has 0 saturated carbocycles. The first-order chi connectivity index (χ1) is 8.19. The molecule has 0 radical (unpaired) electrons. The van der Waals surface area contributed by atoms with Gasteiger partial charge in [-0.3, -0.25) is 4.79 Å². The molecule has 18 heavy (non-hydrogen) atoms. The summed E-state index contributed by atoms with van der Waals surface area (Å²) in [5.74, 6) is -0.153. The zero-order chi connectivity index (χ0) is 12.3. The molecule has 0 fully saturated rings. The fourth-order valence-corrected chi connectivity index (χ4v) is 2.33. The predicted octanol–water partition coefficient (Wildman–Crippen LogP) is 2.03. The number of esters is 1. The van der Waals surface area contributed by atoms with E-state index in [4.69, 9.17) is 10.5 Å². The van der Waals surface area contributed by atoms with Crippen molar-refractivity contribution in [2.75, 3.05) is 6.61 Å². The van der Waals surface area contributed by atoms with Gasteiger partial charge in [0.15, 0.2) is 0 Å². The summed E-state index contributed by atoms with van der Waals surface area (Å²) >= 11 is 0. The fraction of sp³-hybridized carbons (Fsp3) is 0.500. The molecule has 3 nitrogen and oxygen atoms in total. The summed E-state index contributed by atoms with van der Waals surface area (Å²) in [7, 11) is 0. The van der Waals surface area contributed by atoms with Crippen LogP contribution < -0.4 is 5.73 Å². The van der Waals surface area contributed by atoms with E-state index in [1.165, 1.54) is 11.1 Å². The molecule has 1 unspecified atom stereocenters. The molecule has 4 heteroatoms. The first kappa shape index (κ1) is 15.0. The molecule has 1 atom stereocenters. The normalized spacial score (nSPS) is 17.6. The molecule has 1 aromatic rings. The molecule has 1 aliphatic rings. The Morgan fingerprint density at radius 1 is 1.44 bits per heavy atom. The quantitative estimate of drug-likeness (QED) is 0.855. The van der Waals surface area contributed by atoms with Crippen molar-refractivity contribution in [3.05, 3.63) is 34.9 Å². The summed E-state index contributed by atoms with van der Waals surface area (Å²) in [6.07, 6.45) is 3.38. The molecule has 0 saturated heterocycles. The second-order valence-electron chi connectivity index (χ2n) is 4.59. The maximum absolute atomic E-state index is 11.4. The van der Waals surface area contributed by atoms with E-state index in [2.05, 4.69) is 12.1 Å². The highest BCUT2D eigenvalue weighted by atomic mass is 35.5. The van der Waals surface area contributed by atoms with Crippen LogP contribution in [0.1, 0.15) is 30.0 Å². The number of carbonyl (C=O) groups excluding carboxylic acids is 1. The molecular formula is C14H20ClNO2. The molecule has 0 bridgehead atoms. The van der Waals surface area contributed by atoms with E-state index in [0.29, 0.717) is 19.1 Å². The maximum Gasteiger partial charge on any atom is 0.310 e. The van der Waals surface area contributed by atoms with E-state index in [-0.39, 0.29) is 18.4 Å². The first-order valence-electron chi connectivity index (χ1n) is 6.21. The Labute approximate surface area is 114 Å². The number of hydrogen-bond acceptors (Lipinski definition) is 3. The summed E-state index contributed by atoms with van der Waals surface area (Å²) in [6, 6.07) is 6.52. The van der Waals surface area contributed by atoms with Gasteiger partial charge in [-0.05, 0) is 42.9 Å². The van der Waals surface area contributed by atoms with Crippen LogP contribution >= 0.6 is 12.4 Å². The van der Waals surface area contributed by atoms with Gasteiger partial charge in [-0.2, -0.15) is 0 Å². The second kappa shape index (κ2) is 6.76. The Kier molecular flexibility index (Phi) is 5.63. The number of nitrogens with two attached hydrogens (primary N) is 1. The Hall–Kier alpha value is -1.06. The minimum absolute atomic E-state index is 0. The Balaban J connectivity index is 0.00000162. The number of aryl methyl sites for hydroxylation is 1. The number of fused-ring (bicyclic) bond motifs is 1. The lowest BCUT2D eigenvalue weighted by molar-refractivity contribution is -0.142. The van der Waals surface area contributed by atoms with Crippen molar-refractivity contribution in [2.45, 2.75) is 38.6 Å². The molecule has 0 spiro atoms. The molecule has 2 rings (SSSR count). The van der Waals surface area contributed by atoms with E-state index in [1.54, 1.807) is 0 Å². The van der Waals surface area contributed by atoms with Crippen LogP contribution in [-0.4, -0.2) is 18.6 Å². The van der Waals surface area contributed by atoms with E-state index in [1.807, 2.05) is 13.0 Å². The highest BCUT2D eigenvalue weighted by Crippen LogP contribution is 2.22. The molecule has 1 aromatic carbocycles. The molecule has 0 amide bonds. The third kappa shape index (κ3) is 3.72. The summed E-state index contributed by atoms with van der Waals surface area (Å²) in [6.45, 7) is 2.27. The maximum atomic E-state index is 11.4. The zero-order valence-electron chi connectivity index (χ0n) is 10.6. The molecule has 1 aliphatic carbocycles. The van der Waals surface area contributed by atoms with E-state index < -0.39 is 0 Å². The van der Waals surface area contributed by atoms with Crippen LogP contribution in [0.25, 0.3) is 0 Å². The minimum Gasteiger partial charge on any atom is -0.466 e. The number of halogens is 1. The van der Waals surface area contributed by atoms with Crippen LogP contribution in [-0.2, 0) is 28.8 Å². The van der Waals surface area contributed by atoms with Gasteiger partial charge in [0, 0.05) is 6.04 Å². The van der Waals surface area contributed by atoms with Gasteiger partial charge in [0.05, 0.1) is 13.0 Å². The topological polar surface area (TPSA) is 52.3 Å². The average molecular weight is 270 g/mol. The van der Waals surface area contributed by atoms with E-state index in [0.717, 1.165) is 24.8 Å². The van der Waals surface area contributed by atoms with Crippen molar-refractivity contribution in [1.82, 2.24) is 0 Å². The van der Waals surface area contributed by atoms with Crippen LogP contribution in [0.3, 0.4) is 0 Å². The summed E-state index contributed by atoms with van der Waals surface area (Å²) in [5, 5.41) is 0. The van der Waals surface area contributed by atoms with Crippen molar-refractivity contribution in [1.29, 1.82) is 0 Å². The van der Waals surface area contributed by atoms with Gasteiger partial charge in [0.1, 0.15) is 0 Å². The third-order valence-electron chi connectivity index (χ3n) is 3.19. The van der Waals surface area contributed by atoms with Crippen LogP contribution in [0.15, 0.2) is 18.2 Å². The number of ether oxygens (including phenoxy) is 1. The third-order valence-corrected chi connectivity index (χ3v) is 3.19. The standard InChI is InChI=1S/C14H19NO2.ClH/c1-2-17-14(16)8-10-3-4-12-9-13(15)6-5-11(12)7-10;/h3-4,7,13H,2,5-6,8-9,15H2,1H3;1H. The second-order valence-corrected chi connectivity index (χ2v) is 4.59. The van der Waals surface area contributed by atoms with Gasteiger partial charge in [0.25, 0.3) is 0 Å². The SMILES string of the molecule is CCOC(=O)Cc1ccc2c(c1)CCC(N)C2.Cl. The monoisotopic (exact) mass is 269 g/mol. The van der Waals surface area contributed by atoms with Crippen molar-refractivity contribution in [3.63, 3.8) is 0 Å². The van der Waals surface area contributed by atoms with Gasteiger partial charge < -0.3 is 10.5 Å². The molecule has 2 N–H and O–H groups in total. The predicted molar refractivity (Wildman–Crippen MR) is 74.0 cm³/mol. The number of rotatable bonds is 3. The van der Waals surface area contributed by atoms with Crippen molar-refractivity contribution in [2.24, 2.45) is 5.73 Å². The highest BCUT2D eigenvalue weighted by Gasteiger charge is 2.16. The van der Waals surface area contributed by atoms with Gasteiger partial charge in [-0.25, -0.2) is 0 Å². The van der Waals surface area contributed by atoms with Gasteiger partial charge in [-0.15, -0.1) is 12.4 Å².